The monoisotopic (exact) mass is 372 g/mol. The van der Waals surface area contributed by atoms with Gasteiger partial charge in [0.25, 0.3) is 5.91 Å². The molecule has 2 aromatic rings. The highest BCUT2D eigenvalue weighted by Crippen LogP contribution is 2.26. The first-order chi connectivity index (χ1) is 12.5. The van der Waals surface area contributed by atoms with Gasteiger partial charge in [-0.3, -0.25) is 9.59 Å². The number of anilines is 1. The van der Waals surface area contributed by atoms with E-state index in [1.165, 1.54) is 0 Å². The van der Waals surface area contributed by atoms with Crippen molar-refractivity contribution in [2.45, 2.75) is 19.9 Å². The molecule has 136 valence electrons. The molecule has 0 radical (unpaired) electrons. The summed E-state index contributed by atoms with van der Waals surface area (Å²) in [6, 6.07) is 13.8. The van der Waals surface area contributed by atoms with E-state index in [0.717, 1.165) is 11.4 Å². The van der Waals surface area contributed by atoms with Crippen LogP contribution in [0.1, 0.15) is 24.2 Å². The van der Waals surface area contributed by atoms with Crippen molar-refractivity contribution < 1.29 is 14.3 Å². The third-order valence-electron chi connectivity index (χ3n) is 4.46. The molecule has 2 amide bonds. The lowest BCUT2D eigenvalue weighted by atomic mass is 10.1. The fourth-order valence-electron chi connectivity index (χ4n) is 3.10. The normalized spacial score (nSPS) is 17.3. The zero-order valence-electron chi connectivity index (χ0n) is 14.8. The zero-order chi connectivity index (χ0) is 18.7. The summed E-state index contributed by atoms with van der Waals surface area (Å²) >= 11 is 6.14. The number of ether oxygens (including phenoxy) is 1. The Balaban J connectivity index is 1.80. The Kier molecular flexibility index (Phi) is 5.47. The van der Waals surface area contributed by atoms with Gasteiger partial charge in [-0.2, -0.15) is 0 Å². The van der Waals surface area contributed by atoms with Gasteiger partial charge in [0.2, 0.25) is 5.91 Å². The van der Waals surface area contributed by atoms with E-state index in [1.54, 1.807) is 41.0 Å². The molecule has 0 bridgehead atoms. The minimum absolute atomic E-state index is 0.120. The second kappa shape index (κ2) is 7.79. The van der Waals surface area contributed by atoms with Crippen LogP contribution >= 0.6 is 11.6 Å². The van der Waals surface area contributed by atoms with Gasteiger partial charge in [0.15, 0.2) is 0 Å². The summed E-state index contributed by atoms with van der Waals surface area (Å²) in [6.45, 7) is 5.09. The van der Waals surface area contributed by atoms with Crippen LogP contribution in [0.25, 0.3) is 0 Å². The van der Waals surface area contributed by atoms with Crippen LogP contribution in [0.2, 0.25) is 5.02 Å². The molecule has 0 N–H and O–H groups in total. The van der Waals surface area contributed by atoms with E-state index >= 15 is 0 Å². The molecule has 0 saturated carbocycles. The first-order valence-electron chi connectivity index (χ1n) is 8.62. The van der Waals surface area contributed by atoms with Crippen molar-refractivity contribution >= 4 is 29.1 Å². The van der Waals surface area contributed by atoms with Gasteiger partial charge in [-0.1, -0.05) is 29.8 Å². The number of amides is 2. The average molecular weight is 373 g/mol. The van der Waals surface area contributed by atoms with Crippen LogP contribution in [0.3, 0.4) is 0 Å². The van der Waals surface area contributed by atoms with Crippen LogP contribution < -0.4 is 9.64 Å². The fourth-order valence-corrected chi connectivity index (χ4v) is 3.32. The van der Waals surface area contributed by atoms with Crippen LogP contribution in [0.4, 0.5) is 5.69 Å². The van der Waals surface area contributed by atoms with Gasteiger partial charge in [-0.15, -0.1) is 0 Å². The van der Waals surface area contributed by atoms with Crippen LogP contribution in [-0.4, -0.2) is 42.5 Å². The predicted molar refractivity (Wildman–Crippen MR) is 102 cm³/mol. The summed E-state index contributed by atoms with van der Waals surface area (Å²) in [7, 11) is 0. The molecule has 0 unspecified atom stereocenters. The van der Waals surface area contributed by atoms with Gasteiger partial charge in [0.1, 0.15) is 11.8 Å². The summed E-state index contributed by atoms with van der Waals surface area (Å²) in [6.07, 6.45) is 0. The Bertz CT molecular complexity index is 824. The second-order valence-electron chi connectivity index (χ2n) is 6.07. The highest BCUT2D eigenvalue weighted by atomic mass is 35.5. The minimum atomic E-state index is -0.566. The Labute approximate surface area is 158 Å². The quantitative estimate of drug-likeness (QED) is 0.823. The molecule has 5 nitrogen and oxygen atoms in total. The molecule has 0 aliphatic carbocycles. The number of rotatable bonds is 4. The first kappa shape index (κ1) is 18.3. The van der Waals surface area contributed by atoms with Crippen molar-refractivity contribution in [1.82, 2.24) is 4.90 Å². The Hall–Kier alpha value is -2.53. The van der Waals surface area contributed by atoms with Crippen LogP contribution in [0.5, 0.6) is 5.75 Å². The summed E-state index contributed by atoms with van der Waals surface area (Å²) in [5, 5.41) is 0.393. The maximum Gasteiger partial charge on any atom is 0.256 e. The van der Waals surface area contributed by atoms with E-state index < -0.39 is 6.04 Å². The Morgan fingerprint density at radius 1 is 1.19 bits per heavy atom. The van der Waals surface area contributed by atoms with Gasteiger partial charge < -0.3 is 14.5 Å². The topological polar surface area (TPSA) is 49.9 Å². The van der Waals surface area contributed by atoms with Crippen LogP contribution in [0.15, 0.2) is 48.5 Å². The summed E-state index contributed by atoms with van der Waals surface area (Å²) < 4.78 is 5.51. The summed E-state index contributed by atoms with van der Waals surface area (Å²) in [5.41, 5.74) is 1.19. The minimum Gasteiger partial charge on any atom is -0.494 e. The molecule has 3 rings (SSSR count). The fraction of sp³-hybridized carbons (Fsp3) is 0.300. The maximum absolute atomic E-state index is 12.9. The van der Waals surface area contributed by atoms with Crippen molar-refractivity contribution in [3.05, 3.63) is 59.1 Å². The zero-order valence-corrected chi connectivity index (χ0v) is 15.6. The molecular weight excluding hydrogens is 352 g/mol. The number of carbonyl (C=O) groups is 2. The molecule has 6 heteroatoms. The van der Waals surface area contributed by atoms with Crippen molar-refractivity contribution in [1.29, 1.82) is 0 Å². The van der Waals surface area contributed by atoms with Gasteiger partial charge in [0, 0.05) is 24.8 Å². The number of nitrogens with zero attached hydrogens (tertiary/aromatic N) is 2. The molecule has 1 heterocycles. The number of piperazine rings is 1. The molecule has 26 heavy (non-hydrogen) atoms. The number of hydrogen-bond acceptors (Lipinski definition) is 3. The van der Waals surface area contributed by atoms with Gasteiger partial charge >= 0.3 is 0 Å². The third-order valence-corrected chi connectivity index (χ3v) is 4.79. The molecule has 1 aliphatic rings. The number of hydrogen-bond donors (Lipinski definition) is 0. The molecule has 1 aliphatic heterocycles. The van der Waals surface area contributed by atoms with E-state index in [-0.39, 0.29) is 11.8 Å². The molecular formula is C20H21ClN2O3. The molecule has 0 aromatic heterocycles. The lowest BCUT2D eigenvalue weighted by molar-refractivity contribution is -0.124. The number of carbonyl (C=O) groups excluding carboxylic acids is 2. The smallest absolute Gasteiger partial charge is 0.256 e. The first-order valence-corrected chi connectivity index (χ1v) is 9.00. The SMILES string of the molecule is CCOc1cccc(N2CCN(C(=O)c3ccccc3Cl)[C@H](C)C2=O)c1. The predicted octanol–water partition coefficient (Wildman–Crippen LogP) is 3.62. The van der Waals surface area contributed by atoms with Crippen molar-refractivity contribution in [2.24, 2.45) is 0 Å². The number of benzene rings is 2. The third kappa shape index (κ3) is 3.53. The molecule has 2 aromatic carbocycles. The molecule has 1 saturated heterocycles. The Morgan fingerprint density at radius 2 is 1.96 bits per heavy atom. The van der Waals surface area contributed by atoms with E-state index in [2.05, 4.69) is 0 Å². The standard InChI is InChI=1S/C20H21ClN2O3/c1-3-26-16-8-6-7-15(13-16)23-12-11-22(14(2)19(23)24)20(25)17-9-4-5-10-18(17)21/h4-10,13-14H,3,11-12H2,1-2H3/t14-/m1/s1. The maximum atomic E-state index is 12.9. The Morgan fingerprint density at radius 3 is 2.69 bits per heavy atom. The molecule has 1 fully saturated rings. The highest BCUT2D eigenvalue weighted by Gasteiger charge is 2.35. The van der Waals surface area contributed by atoms with Crippen molar-refractivity contribution in [2.75, 3.05) is 24.6 Å². The van der Waals surface area contributed by atoms with Gasteiger partial charge in [0.05, 0.1) is 17.2 Å². The molecule has 0 spiro atoms. The number of halogens is 1. The van der Waals surface area contributed by atoms with Crippen LogP contribution in [-0.2, 0) is 4.79 Å². The van der Waals surface area contributed by atoms with E-state index in [4.69, 9.17) is 16.3 Å². The molecule has 1 atom stereocenters. The lowest BCUT2D eigenvalue weighted by Crippen LogP contribution is -2.57. The van der Waals surface area contributed by atoms with Gasteiger partial charge in [-0.25, -0.2) is 0 Å². The van der Waals surface area contributed by atoms with E-state index in [1.807, 2.05) is 31.2 Å². The largest absolute Gasteiger partial charge is 0.494 e. The van der Waals surface area contributed by atoms with Gasteiger partial charge in [-0.05, 0) is 38.1 Å². The lowest BCUT2D eigenvalue weighted by Gasteiger charge is -2.39. The van der Waals surface area contributed by atoms with E-state index in [0.29, 0.717) is 30.3 Å². The average Bonchev–Trinajstić information content (AvgIpc) is 2.64. The highest BCUT2D eigenvalue weighted by molar-refractivity contribution is 6.33. The second-order valence-corrected chi connectivity index (χ2v) is 6.48. The summed E-state index contributed by atoms with van der Waals surface area (Å²) in [4.78, 5) is 29.0. The summed E-state index contributed by atoms with van der Waals surface area (Å²) in [5.74, 6) is 0.379. The van der Waals surface area contributed by atoms with Crippen molar-refractivity contribution in [3.63, 3.8) is 0 Å². The van der Waals surface area contributed by atoms with Crippen molar-refractivity contribution in [3.8, 4) is 5.75 Å². The van der Waals surface area contributed by atoms with E-state index in [9.17, 15) is 9.59 Å². The van der Waals surface area contributed by atoms with Crippen LogP contribution in [0, 0.1) is 0 Å².